The van der Waals surface area contributed by atoms with Crippen molar-refractivity contribution in [3.8, 4) is 0 Å². The number of hydrogen-bond acceptors (Lipinski definition) is 9. The lowest BCUT2D eigenvalue weighted by atomic mass is 10.1. The van der Waals surface area contributed by atoms with Gasteiger partial charge in [0.15, 0.2) is 9.84 Å². The summed E-state index contributed by atoms with van der Waals surface area (Å²) in [6.45, 7) is 0.500. The molecule has 2 aliphatic rings. The van der Waals surface area contributed by atoms with Crippen LogP contribution in [0.15, 0.2) is 83.3 Å². The van der Waals surface area contributed by atoms with E-state index in [1.54, 1.807) is 36.4 Å². The third kappa shape index (κ3) is 8.12. The van der Waals surface area contributed by atoms with Gasteiger partial charge < -0.3 is 30.7 Å². The van der Waals surface area contributed by atoms with Crippen molar-refractivity contribution in [1.82, 2.24) is 20.9 Å². The highest BCUT2D eigenvalue weighted by atomic mass is 32.2. The lowest BCUT2D eigenvalue weighted by Crippen LogP contribution is -2.52. The number of aliphatic hydroxyl groups is 1. The Morgan fingerprint density at radius 3 is 2.40 bits per heavy atom. The van der Waals surface area contributed by atoms with Crippen molar-refractivity contribution in [1.29, 1.82) is 0 Å². The number of ether oxygens (including phenoxy) is 1. The van der Waals surface area contributed by atoms with Gasteiger partial charge in [-0.2, -0.15) is 0 Å². The zero-order valence-electron chi connectivity index (χ0n) is 24.6. The van der Waals surface area contributed by atoms with Crippen LogP contribution in [0, 0.1) is 0 Å². The first-order chi connectivity index (χ1) is 21.5. The van der Waals surface area contributed by atoms with Crippen LogP contribution in [0.2, 0.25) is 0 Å². The van der Waals surface area contributed by atoms with Gasteiger partial charge in [-0.05, 0) is 52.6 Å². The zero-order valence-corrected chi connectivity index (χ0v) is 25.4. The van der Waals surface area contributed by atoms with Gasteiger partial charge in [0.05, 0.1) is 17.9 Å². The molecule has 45 heavy (non-hydrogen) atoms. The van der Waals surface area contributed by atoms with E-state index in [-0.39, 0.29) is 30.8 Å². The first kappa shape index (κ1) is 31.8. The Balaban J connectivity index is 1.28. The summed E-state index contributed by atoms with van der Waals surface area (Å²) in [5, 5.41) is 20.4. The molecule has 0 aromatic heterocycles. The molecule has 236 valence electrons. The van der Waals surface area contributed by atoms with Crippen LogP contribution < -0.4 is 16.0 Å². The highest BCUT2D eigenvalue weighted by Crippen LogP contribution is 2.18. The third-order valence-corrected chi connectivity index (χ3v) is 8.79. The fourth-order valence-corrected chi connectivity index (χ4v) is 5.89. The minimum Gasteiger partial charge on any atom is -0.434 e. The second-order valence-corrected chi connectivity index (χ2v) is 13.2. The van der Waals surface area contributed by atoms with E-state index in [1.807, 2.05) is 36.4 Å². The Labute approximate surface area is 260 Å². The van der Waals surface area contributed by atoms with Crippen molar-refractivity contribution in [2.75, 3.05) is 25.9 Å². The molecule has 5 rings (SSSR count). The lowest BCUT2D eigenvalue weighted by Gasteiger charge is -2.26. The molecule has 0 bridgehead atoms. The van der Waals surface area contributed by atoms with Crippen LogP contribution in [0.5, 0.6) is 0 Å². The Bertz CT molecular complexity index is 1760. The van der Waals surface area contributed by atoms with Crippen LogP contribution in [0.3, 0.4) is 0 Å². The van der Waals surface area contributed by atoms with Crippen LogP contribution in [0.25, 0.3) is 10.8 Å². The van der Waals surface area contributed by atoms with Gasteiger partial charge in [0, 0.05) is 31.5 Å². The average molecular weight is 635 g/mol. The van der Waals surface area contributed by atoms with Crippen LogP contribution >= 0.6 is 0 Å². The molecule has 4 N–H and O–H groups in total. The van der Waals surface area contributed by atoms with Crippen molar-refractivity contribution in [3.05, 3.63) is 89.5 Å². The maximum atomic E-state index is 13.7. The molecular formula is C32H34N4O8S. The molecule has 3 aromatic rings. The summed E-state index contributed by atoms with van der Waals surface area (Å²) in [5.74, 6) is -2.12. The van der Waals surface area contributed by atoms with E-state index in [4.69, 9.17) is 0 Å². The summed E-state index contributed by atoms with van der Waals surface area (Å²) in [5.41, 5.74) is 2.05. The number of nitrogens with one attached hydrogen (secondary N) is 3. The molecule has 0 saturated carbocycles. The number of esters is 1. The highest BCUT2D eigenvalue weighted by molar-refractivity contribution is 7.90. The van der Waals surface area contributed by atoms with E-state index in [0.717, 1.165) is 28.2 Å². The van der Waals surface area contributed by atoms with Crippen molar-refractivity contribution in [2.45, 2.75) is 42.7 Å². The molecule has 0 spiro atoms. The smallest absolute Gasteiger partial charge is 0.310 e. The van der Waals surface area contributed by atoms with E-state index in [9.17, 15) is 32.7 Å². The summed E-state index contributed by atoms with van der Waals surface area (Å²) in [4.78, 5) is 52.9. The normalized spacial score (nSPS) is 20.4. The number of carbonyl (C=O) groups is 4. The summed E-state index contributed by atoms with van der Waals surface area (Å²) in [6.07, 6.45) is 1.54. The van der Waals surface area contributed by atoms with Gasteiger partial charge in [0.25, 0.3) is 5.91 Å². The van der Waals surface area contributed by atoms with Gasteiger partial charge in [-0.1, -0.05) is 48.5 Å². The van der Waals surface area contributed by atoms with E-state index in [2.05, 4.69) is 20.7 Å². The Kier molecular flexibility index (Phi) is 9.61. The number of fused-ring (bicyclic) bond motifs is 1. The molecule has 0 radical (unpaired) electrons. The molecule has 3 aromatic carbocycles. The monoisotopic (exact) mass is 634 g/mol. The molecule has 2 heterocycles. The Hall–Kier alpha value is -4.59. The molecule has 12 nitrogen and oxygen atoms in total. The van der Waals surface area contributed by atoms with Crippen molar-refractivity contribution >= 4 is 44.3 Å². The summed E-state index contributed by atoms with van der Waals surface area (Å²) in [7, 11) is -3.30. The van der Waals surface area contributed by atoms with Crippen LogP contribution in [0.4, 0.5) is 0 Å². The maximum absolute atomic E-state index is 13.7. The minimum absolute atomic E-state index is 0.0945. The highest BCUT2D eigenvalue weighted by Gasteiger charge is 2.36. The van der Waals surface area contributed by atoms with Crippen LogP contribution in [-0.4, -0.2) is 86.4 Å². The predicted molar refractivity (Wildman–Crippen MR) is 164 cm³/mol. The van der Waals surface area contributed by atoms with E-state index in [0.29, 0.717) is 18.7 Å². The zero-order chi connectivity index (χ0) is 32.1. The van der Waals surface area contributed by atoms with Gasteiger partial charge in [-0.3, -0.25) is 19.2 Å². The molecule has 2 aliphatic heterocycles. The maximum Gasteiger partial charge on any atom is 0.310 e. The number of rotatable bonds is 10. The second kappa shape index (κ2) is 13.6. The van der Waals surface area contributed by atoms with Crippen LogP contribution in [-0.2, 0) is 35.5 Å². The van der Waals surface area contributed by atoms with E-state index < -0.39 is 51.9 Å². The number of benzene rings is 3. The van der Waals surface area contributed by atoms with Crippen molar-refractivity contribution in [3.63, 3.8) is 0 Å². The molecule has 1 fully saturated rings. The number of hydrogen-bond donors (Lipinski definition) is 4. The molecule has 3 atom stereocenters. The molecule has 0 aliphatic carbocycles. The number of carbonyl (C=O) groups excluding carboxylic acids is 4. The van der Waals surface area contributed by atoms with Gasteiger partial charge >= 0.3 is 5.97 Å². The summed E-state index contributed by atoms with van der Waals surface area (Å²) >= 11 is 0. The summed E-state index contributed by atoms with van der Waals surface area (Å²) in [6, 6.07) is 17.5. The van der Waals surface area contributed by atoms with Gasteiger partial charge in [-0.15, -0.1) is 0 Å². The van der Waals surface area contributed by atoms with Gasteiger partial charge in [0.1, 0.15) is 12.1 Å². The first-order valence-corrected chi connectivity index (χ1v) is 16.3. The Morgan fingerprint density at radius 2 is 1.71 bits per heavy atom. The standard InChI is InChI=1S/C32H34N4O8S/c1-45(42,43)25-11-6-20(7-12-25)16-33-17-21-8-13-26(35-30(39)24-10-9-22-4-2-3-5-23(22)14-24)31(40)36(18-21)19-28(37)34-27-15-29(38)44-32(27)41/h2-12,14,26-27,32-33,41H,13,15-19H2,1H3,(H,34,37)(H,35,39). The Morgan fingerprint density at radius 1 is 0.978 bits per heavy atom. The lowest BCUT2D eigenvalue weighted by molar-refractivity contribution is -0.155. The average Bonchev–Trinajstić information content (AvgIpc) is 3.25. The number of aliphatic hydroxyl groups excluding tert-OH is 1. The predicted octanol–water partition coefficient (Wildman–Crippen LogP) is 1.04. The second-order valence-electron chi connectivity index (χ2n) is 11.2. The molecule has 3 unspecified atom stereocenters. The quantitative estimate of drug-likeness (QED) is 0.188. The molecule has 3 amide bonds. The van der Waals surface area contributed by atoms with E-state index >= 15 is 0 Å². The summed E-state index contributed by atoms with van der Waals surface area (Å²) < 4.78 is 28.2. The number of sulfone groups is 1. The minimum atomic E-state index is -3.30. The molecule has 1 saturated heterocycles. The fraction of sp³-hybridized carbons (Fsp3) is 0.312. The van der Waals surface area contributed by atoms with Crippen molar-refractivity contribution < 1.29 is 37.4 Å². The van der Waals surface area contributed by atoms with Gasteiger partial charge in [-0.25, -0.2) is 8.42 Å². The van der Waals surface area contributed by atoms with Gasteiger partial charge in [0.2, 0.25) is 18.1 Å². The number of amides is 3. The number of cyclic esters (lactones) is 1. The van der Waals surface area contributed by atoms with Crippen LogP contribution in [0.1, 0.15) is 28.8 Å². The third-order valence-electron chi connectivity index (χ3n) is 7.66. The first-order valence-electron chi connectivity index (χ1n) is 14.4. The van der Waals surface area contributed by atoms with Crippen molar-refractivity contribution in [2.24, 2.45) is 0 Å². The molecule has 13 heteroatoms. The largest absolute Gasteiger partial charge is 0.434 e. The fourth-order valence-electron chi connectivity index (χ4n) is 5.26. The van der Waals surface area contributed by atoms with E-state index in [1.165, 1.54) is 4.90 Å². The molecular weight excluding hydrogens is 600 g/mol. The number of nitrogens with zero attached hydrogens (tertiary/aromatic N) is 1. The topological polar surface area (TPSA) is 171 Å². The SMILES string of the molecule is CS(=O)(=O)c1ccc(CNCC2=CCC(NC(=O)c3ccc4ccccc4c3)C(=O)N(CC(=O)NC3CC(=O)OC3O)C2)cc1.